The molecule has 0 spiro atoms. The molecule has 0 saturated carbocycles. The molecule has 110 valence electrons. The summed E-state index contributed by atoms with van der Waals surface area (Å²) in [7, 11) is 0. The normalized spacial score (nSPS) is 10.2. The molecule has 2 rings (SSSR count). The molecule has 0 aliphatic heterocycles. The summed E-state index contributed by atoms with van der Waals surface area (Å²) in [6.07, 6.45) is 0. The second-order valence-electron chi connectivity index (χ2n) is 4.13. The summed E-state index contributed by atoms with van der Waals surface area (Å²) in [5.74, 6) is -2.81. The van der Waals surface area contributed by atoms with Crippen molar-refractivity contribution in [2.24, 2.45) is 0 Å². The minimum Gasteiger partial charge on any atom is -0.462 e. The molecule has 6 heteroatoms. The fourth-order valence-corrected chi connectivity index (χ4v) is 1.66. The van der Waals surface area contributed by atoms with Crippen molar-refractivity contribution in [3.05, 3.63) is 53.6 Å². The highest BCUT2D eigenvalue weighted by Gasteiger charge is 2.13. The smallest absolute Gasteiger partial charge is 0.338 e. The molecule has 0 aliphatic carbocycles. The Morgan fingerprint density at radius 2 is 1.95 bits per heavy atom. The van der Waals surface area contributed by atoms with Crippen LogP contribution in [0.1, 0.15) is 17.3 Å². The number of nitrogen functional groups attached to an aromatic ring is 1. The lowest BCUT2D eigenvalue weighted by atomic mass is 10.2. The van der Waals surface area contributed by atoms with Crippen molar-refractivity contribution in [1.29, 1.82) is 0 Å². The van der Waals surface area contributed by atoms with Gasteiger partial charge in [0, 0.05) is 0 Å². The lowest BCUT2D eigenvalue weighted by molar-refractivity contribution is 0.0526. The molecule has 2 aromatic rings. The summed E-state index contributed by atoms with van der Waals surface area (Å²) in [4.78, 5) is 11.5. The van der Waals surface area contributed by atoms with Crippen molar-refractivity contribution in [3.8, 4) is 11.5 Å². The van der Waals surface area contributed by atoms with E-state index in [2.05, 4.69) is 0 Å². The van der Waals surface area contributed by atoms with Gasteiger partial charge in [0.15, 0.2) is 17.3 Å². The lowest BCUT2D eigenvalue weighted by Crippen LogP contribution is -2.05. The molecule has 0 fully saturated rings. The first-order chi connectivity index (χ1) is 10.0. The van der Waals surface area contributed by atoms with Crippen LogP contribution in [0.4, 0.5) is 14.5 Å². The molecule has 4 nitrogen and oxygen atoms in total. The second-order valence-corrected chi connectivity index (χ2v) is 4.13. The van der Waals surface area contributed by atoms with Crippen LogP contribution in [-0.2, 0) is 4.74 Å². The highest BCUT2D eigenvalue weighted by Crippen LogP contribution is 2.30. The minimum atomic E-state index is -1.11. The summed E-state index contributed by atoms with van der Waals surface area (Å²) in [5, 5.41) is 0. The molecule has 2 N–H and O–H groups in total. The van der Waals surface area contributed by atoms with Crippen molar-refractivity contribution < 1.29 is 23.0 Å². The standard InChI is InChI=1S/C15H13F2NO3/c1-2-20-15(19)9-6-7-12(11(18)8-9)21-13-5-3-4-10(16)14(13)17/h3-8H,2,18H2,1H3. The zero-order valence-electron chi connectivity index (χ0n) is 11.2. The number of hydrogen-bond acceptors (Lipinski definition) is 4. The summed E-state index contributed by atoms with van der Waals surface area (Å²) in [6.45, 7) is 1.93. The van der Waals surface area contributed by atoms with Gasteiger partial charge >= 0.3 is 5.97 Å². The van der Waals surface area contributed by atoms with Gasteiger partial charge in [0.2, 0.25) is 5.82 Å². The van der Waals surface area contributed by atoms with Crippen LogP contribution in [0.5, 0.6) is 11.5 Å². The van der Waals surface area contributed by atoms with Crippen LogP contribution in [0.15, 0.2) is 36.4 Å². The Bertz CT molecular complexity index is 674. The Kier molecular flexibility index (Phi) is 4.37. The number of rotatable bonds is 4. The van der Waals surface area contributed by atoms with Gasteiger partial charge in [0.25, 0.3) is 0 Å². The van der Waals surface area contributed by atoms with Crippen LogP contribution < -0.4 is 10.5 Å². The third-order valence-corrected chi connectivity index (χ3v) is 2.66. The second kappa shape index (κ2) is 6.21. The van der Waals surface area contributed by atoms with Gasteiger partial charge < -0.3 is 15.2 Å². The lowest BCUT2D eigenvalue weighted by Gasteiger charge is -2.10. The monoisotopic (exact) mass is 293 g/mol. The van der Waals surface area contributed by atoms with Gasteiger partial charge in [-0.3, -0.25) is 0 Å². The Morgan fingerprint density at radius 3 is 2.62 bits per heavy atom. The molecule has 0 aliphatic rings. The maximum Gasteiger partial charge on any atom is 0.338 e. The van der Waals surface area contributed by atoms with Gasteiger partial charge in [0.05, 0.1) is 17.9 Å². The van der Waals surface area contributed by atoms with Gasteiger partial charge in [-0.15, -0.1) is 0 Å². The van der Waals surface area contributed by atoms with Crippen molar-refractivity contribution in [1.82, 2.24) is 0 Å². The van der Waals surface area contributed by atoms with E-state index >= 15 is 0 Å². The molecule has 0 aromatic heterocycles. The highest BCUT2D eigenvalue weighted by atomic mass is 19.2. The number of esters is 1. The van der Waals surface area contributed by atoms with Gasteiger partial charge in [-0.05, 0) is 37.3 Å². The maximum absolute atomic E-state index is 13.5. The molecule has 0 unspecified atom stereocenters. The molecule has 21 heavy (non-hydrogen) atoms. The van der Waals surface area contributed by atoms with Crippen molar-refractivity contribution in [2.45, 2.75) is 6.92 Å². The highest BCUT2D eigenvalue weighted by molar-refractivity contribution is 5.91. The Labute approximate surface area is 120 Å². The number of carbonyl (C=O) groups is 1. The molecule has 2 aromatic carbocycles. The van der Waals surface area contributed by atoms with Crippen molar-refractivity contribution in [2.75, 3.05) is 12.3 Å². The fourth-order valence-electron chi connectivity index (χ4n) is 1.66. The molecule has 0 amide bonds. The molecular weight excluding hydrogens is 280 g/mol. The predicted octanol–water partition coefficient (Wildman–Crippen LogP) is 3.52. The molecule has 0 atom stereocenters. The van der Waals surface area contributed by atoms with E-state index in [1.54, 1.807) is 6.92 Å². The van der Waals surface area contributed by atoms with Gasteiger partial charge in [-0.2, -0.15) is 4.39 Å². The van der Waals surface area contributed by atoms with Gasteiger partial charge in [-0.25, -0.2) is 9.18 Å². The minimum absolute atomic E-state index is 0.115. The Morgan fingerprint density at radius 1 is 1.19 bits per heavy atom. The van der Waals surface area contributed by atoms with E-state index in [-0.39, 0.29) is 29.4 Å². The quantitative estimate of drug-likeness (QED) is 0.692. The van der Waals surface area contributed by atoms with Crippen LogP contribution in [0.3, 0.4) is 0 Å². The van der Waals surface area contributed by atoms with Crippen molar-refractivity contribution >= 4 is 11.7 Å². The Balaban J connectivity index is 2.25. The fraction of sp³-hybridized carbons (Fsp3) is 0.133. The van der Waals surface area contributed by atoms with Crippen LogP contribution in [0.2, 0.25) is 0 Å². The van der Waals surface area contributed by atoms with E-state index in [4.69, 9.17) is 15.2 Å². The van der Waals surface area contributed by atoms with Crippen LogP contribution in [0, 0.1) is 11.6 Å². The summed E-state index contributed by atoms with van der Waals surface area (Å²) < 4.78 is 36.7. The number of hydrogen-bond donors (Lipinski definition) is 1. The molecule has 0 radical (unpaired) electrons. The first-order valence-electron chi connectivity index (χ1n) is 6.21. The number of nitrogens with two attached hydrogens (primary N) is 1. The average Bonchev–Trinajstić information content (AvgIpc) is 2.46. The van der Waals surface area contributed by atoms with E-state index in [1.165, 1.54) is 30.3 Å². The van der Waals surface area contributed by atoms with Gasteiger partial charge in [0.1, 0.15) is 0 Å². The first-order valence-corrected chi connectivity index (χ1v) is 6.21. The van der Waals surface area contributed by atoms with Crippen LogP contribution in [0.25, 0.3) is 0 Å². The van der Waals surface area contributed by atoms with Crippen LogP contribution in [-0.4, -0.2) is 12.6 Å². The summed E-state index contributed by atoms with van der Waals surface area (Å²) in [6, 6.07) is 7.75. The van der Waals surface area contributed by atoms with Gasteiger partial charge in [-0.1, -0.05) is 6.07 Å². The maximum atomic E-state index is 13.5. The number of carbonyl (C=O) groups excluding carboxylic acids is 1. The SMILES string of the molecule is CCOC(=O)c1ccc(Oc2cccc(F)c2F)c(N)c1. The number of ether oxygens (including phenoxy) is 2. The van der Waals surface area contributed by atoms with E-state index in [0.29, 0.717) is 0 Å². The average molecular weight is 293 g/mol. The summed E-state index contributed by atoms with van der Waals surface area (Å²) >= 11 is 0. The topological polar surface area (TPSA) is 61.5 Å². The number of benzene rings is 2. The van der Waals surface area contributed by atoms with E-state index in [0.717, 1.165) is 6.07 Å². The molecule has 0 heterocycles. The van der Waals surface area contributed by atoms with E-state index < -0.39 is 17.6 Å². The molecular formula is C15H13F2NO3. The third-order valence-electron chi connectivity index (χ3n) is 2.66. The third kappa shape index (κ3) is 3.28. The predicted molar refractivity (Wildman–Crippen MR) is 73.2 cm³/mol. The Hall–Kier alpha value is -2.63. The molecule has 0 bridgehead atoms. The first kappa shape index (κ1) is 14.8. The summed E-state index contributed by atoms with van der Waals surface area (Å²) in [5.41, 5.74) is 6.11. The zero-order chi connectivity index (χ0) is 15.4. The van der Waals surface area contributed by atoms with E-state index in [9.17, 15) is 13.6 Å². The zero-order valence-corrected chi connectivity index (χ0v) is 11.2. The number of halogens is 2. The van der Waals surface area contributed by atoms with Crippen LogP contribution >= 0.6 is 0 Å². The molecule has 0 saturated heterocycles. The number of anilines is 1. The largest absolute Gasteiger partial charge is 0.462 e. The van der Waals surface area contributed by atoms with E-state index in [1.807, 2.05) is 0 Å². The van der Waals surface area contributed by atoms with Crippen molar-refractivity contribution in [3.63, 3.8) is 0 Å².